The van der Waals surface area contributed by atoms with Crippen molar-refractivity contribution in [1.82, 2.24) is 15.4 Å². The second-order valence-corrected chi connectivity index (χ2v) is 8.59. The standard InChI is InChI=1S/C18H25N3O6S/c1-12-6-3-4-9-15(12)20-18(24)21-16(22)11-27-17(23)13-7-5-8-14(10-13)28(25,26)19-2/h5,7-8,10,12,15,19H,3-4,6,9,11H2,1-2H3,(H2,20,21,22,24). The Labute approximate surface area is 164 Å². The molecule has 1 aliphatic carbocycles. The van der Waals surface area contributed by atoms with E-state index < -0.39 is 34.5 Å². The number of sulfonamides is 1. The molecule has 2 atom stereocenters. The smallest absolute Gasteiger partial charge is 0.338 e. The van der Waals surface area contributed by atoms with Crippen LogP contribution in [0.2, 0.25) is 0 Å². The second kappa shape index (κ2) is 9.65. The van der Waals surface area contributed by atoms with Crippen LogP contribution in [0, 0.1) is 5.92 Å². The van der Waals surface area contributed by atoms with E-state index in [0.717, 1.165) is 31.7 Å². The largest absolute Gasteiger partial charge is 0.452 e. The number of ether oxygens (including phenoxy) is 1. The van der Waals surface area contributed by atoms with Crippen LogP contribution >= 0.6 is 0 Å². The van der Waals surface area contributed by atoms with Gasteiger partial charge in [-0.2, -0.15) is 0 Å². The number of urea groups is 1. The molecule has 3 N–H and O–H groups in total. The highest BCUT2D eigenvalue weighted by atomic mass is 32.2. The minimum atomic E-state index is -3.71. The summed E-state index contributed by atoms with van der Waals surface area (Å²) in [7, 11) is -2.46. The summed E-state index contributed by atoms with van der Waals surface area (Å²) in [6.45, 7) is 1.39. The second-order valence-electron chi connectivity index (χ2n) is 6.70. The third-order valence-corrected chi connectivity index (χ3v) is 6.08. The van der Waals surface area contributed by atoms with Crippen molar-refractivity contribution in [3.63, 3.8) is 0 Å². The minimum absolute atomic E-state index is 0.0148. The van der Waals surface area contributed by atoms with Crippen molar-refractivity contribution in [3.05, 3.63) is 29.8 Å². The molecule has 0 aromatic heterocycles. The summed E-state index contributed by atoms with van der Waals surface area (Å²) in [6.07, 6.45) is 4.05. The molecule has 0 bridgehead atoms. The quantitative estimate of drug-likeness (QED) is 0.602. The number of benzene rings is 1. The molecule has 0 aliphatic heterocycles. The molecule has 3 amide bonds. The van der Waals surface area contributed by atoms with E-state index in [1.807, 2.05) is 0 Å². The normalized spacial score (nSPS) is 19.5. The van der Waals surface area contributed by atoms with E-state index in [9.17, 15) is 22.8 Å². The Morgan fingerprint density at radius 1 is 1.18 bits per heavy atom. The lowest BCUT2D eigenvalue weighted by atomic mass is 9.86. The molecule has 2 unspecified atom stereocenters. The molecule has 10 heteroatoms. The van der Waals surface area contributed by atoms with Gasteiger partial charge >= 0.3 is 12.0 Å². The van der Waals surface area contributed by atoms with Crippen LogP contribution in [0.4, 0.5) is 4.79 Å². The summed E-state index contributed by atoms with van der Waals surface area (Å²) < 4.78 is 30.6. The van der Waals surface area contributed by atoms with Gasteiger partial charge in [0.25, 0.3) is 5.91 Å². The van der Waals surface area contributed by atoms with Gasteiger partial charge in [0.05, 0.1) is 10.5 Å². The molecule has 0 saturated heterocycles. The lowest BCUT2D eigenvalue weighted by Gasteiger charge is -2.29. The van der Waals surface area contributed by atoms with Crippen molar-refractivity contribution in [1.29, 1.82) is 0 Å². The van der Waals surface area contributed by atoms with Crippen molar-refractivity contribution in [2.45, 2.75) is 43.5 Å². The molecule has 1 saturated carbocycles. The van der Waals surface area contributed by atoms with E-state index in [2.05, 4.69) is 22.3 Å². The maximum absolute atomic E-state index is 12.0. The molecule has 154 valence electrons. The van der Waals surface area contributed by atoms with Gasteiger partial charge in [0.15, 0.2) is 6.61 Å². The highest BCUT2D eigenvalue weighted by Crippen LogP contribution is 2.23. The van der Waals surface area contributed by atoms with Crippen molar-refractivity contribution >= 4 is 27.9 Å². The SMILES string of the molecule is CNS(=O)(=O)c1cccc(C(=O)OCC(=O)NC(=O)NC2CCCCC2C)c1. The van der Waals surface area contributed by atoms with Crippen molar-refractivity contribution < 1.29 is 27.5 Å². The number of esters is 1. The van der Waals surface area contributed by atoms with Crippen LogP contribution in [0.5, 0.6) is 0 Å². The monoisotopic (exact) mass is 411 g/mol. The average molecular weight is 411 g/mol. The van der Waals surface area contributed by atoms with Crippen LogP contribution in [0.3, 0.4) is 0 Å². The molecule has 28 heavy (non-hydrogen) atoms. The Hall–Kier alpha value is -2.46. The molecule has 1 fully saturated rings. The van der Waals surface area contributed by atoms with E-state index >= 15 is 0 Å². The van der Waals surface area contributed by atoms with E-state index in [1.165, 1.54) is 25.2 Å². The number of hydrogen-bond acceptors (Lipinski definition) is 6. The number of rotatable bonds is 6. The highest BCUT2D eigenvalue weighted by Gasteiger charge is 2.23. The number of carbonyl (C=O) groups excluding carboxylic acids is 3. The number of hydrogen-bond donors (Lipinski definition) is 3. The maximum Gasteiger partial charge on any atom is 0.338 e. The van der Waals surface area contributed by atoms with Crippen LogP contribution in [0.1, 0.15) is 43.0 Å². The summed E-state index contributed by atoms with van der Waals surface area (Å²) in [6, 6.07) is 4.61. The van der Waals surface area contributed by atoms with Gasteiger partial charge in [-0.25, -0.2) is 22.7 Å². The summed E-state index contributed by atoms with van der Waals surface area (Å²) in [4.78, 5) is 35.7. The lowest BCUT2D eigenvalue weighted by Crippen LogP contribution is -2.48. The van der Waals surface area contributed by atoms with Gasteiger partial charge in [0.1, 0.15) is 0 Å². The maximum atomic E-state index is 12.0. The predicted molar refractivity (Wildman–Crippen MR) is 101 cm³/mol. The third-order valence-electron chi connectivity index (χ3n) is 4.66. The molecule has 9 nitrogen and oxygen atoms in total. The van der Waals surface area contributed by atoms with Crippen molar-refractivity contribution in [2.75, 3.05) is 13.7 Å². The van der Waals surface area contributed by atoms with Gasteiger partial charge in [-0.3, -0.25) is 10.1 Å². The molecule has 0 heterocycles. The van der Waals surface area contributed by atoms with Crippen LogP contribution in [-0.4, -0.2) is 46.0 Å². The summed E-state index contributed by atoms with van der Waals surface area (Å²) in [5.74, 6) is -1.30. The first-order valence-electron chi connectivity index (χ1n) is 9.04. The van der Waals surface area contributed by atoms with Crippen LogP contribution in [-0.2, 0) is 19.6 Å². The fourth-order valence-corrected chi connectivity index (χ4v) is 3.80. The van der Waals surface area contributed by atoms with Crippen LogP contribution in [0.25, 0.3) is 0 Å². The van der Waals surface area contributed by atoms with Gasteiger partial charge in [0.2, 0.25) is 10.0 Å². The molecule has 1 aromatic carbocycles. The number of imide groups is 1. The number of nitrogens with one attached hydrogen (secondary N) is 3. The fraction of sp³-hybridized carbons (Fsp3) is 0.500. The van der Waals surface area contributed by atoms with Gasteiger partial charge in [-0.05, 0) is 44.0 Å². The summed E-state index contributed by atoms with van der Waals surface area (Å²) >= 11 is 0. The Bertz CT molecular complexity index is 839. The Morgan fingerprint density at radius 2 is 1.89 bits per heavy atom. The van der Waals surface area contributed by atoms with Crippen molar-refractivity contribution in [2.24, 2.45) is 5.92 Å². The third kappa shape index (κ3) is 6.03. The van der Waals surface area contributed by atoms with E-state index in [0.29, 0.717) is 5.92 Å². The Balaban J connectivity index is 1.84. The highest BCUT2D eigenvalue weighted by molar-refractivity contribution is 7.89. The van der Waals surface area contributed by atoms with Crippen molar-refractivity contribution in [3.8, 4) is 0 Å². The van der Waals surface area contributed by atoms with E-state index in [4.69, 9.17) is 4.74 Å². The van der Waals surface area contributed by atoms with E-state index in [-0.39, 0.29) is 16.5 Å². The van der Waals surface area contributed by atoms with E-state index in [1.54, 1.807) is 0 Å². The van der Waals surface area contributed by atoms with Gasteiger partial charge < -0.3 is 10.1 Å². The summed E-state index contributed by atoms with van der Waals surface area (Å²) in [5.41, 5.74) is -0.0235. The first-order chi connectivity index (χ1) is 13.2. The number of amides is 3. The number of carbonyl (C=O) groups is 3. The summed E-state index contributed by atoms with van der Waals surface area (Å²) in [5, 5.41) is 4.89. The van der Waals surface area contributed by atoms with Crippen LogP contribution < -0.4 is 15.4 Å². The molecule has 2 rings (SSSR count). The molecule has 1 aliphatic rings. The zero-order valence-corrected chi connectivity index (χ0v) is 16.7. The molecule has 0 spiro atoms. The topological polar surface area (TPSA) is 131 Å². The Kier molecular flexibility index (Phi) is 7.53. The molecular formula is C18H25N3O6S. The zero-order chi connectivity index (χ0) is 20.7. The predicted octanol–water partition coefficient (Wildman–Crippen LogP) is 1.16. The van der Waals surface area contributed by atoms with Gasteiger partial charge in [-0.1, -0.05) is 25.8 Å². The fourth-order valence-electron chi connectivity index (χ4n) is 3.02. The minimum Gasteiger partial charge on any atom is -0.452 e. The zero-order valence-electron chi connectivity index (χ0n) is 15.9. The lowest BCUT2D eigenvalue weighted by molar-refractivity contribution is -0.123. The average Bonchev–Trinajstić information content (AvgIpc) is 2.68. The molecular weight excluding hydrogens is 386 g/mol. The molecule has 0 radical (unpaired) electrons. The molecule has 1 aromatic rings. The first kappa shape index (κ1) is 21.8. The van der Waals surface area contributed by atoms with Gasteiger partial charge in [-0.15, -0.1) is 0 Å². The van der Waals surface area contributed by atoms with Crippen LogP contribution in [0.15, 0.2) is 29.2 Å². The Morgan fingerprint density at radius 3 is 2.57 bits per heavy atom. The first-order valence-corrected chi connectivity index (χ1v) is 10.5. The van der Waals surface area contributed by atoms with Gasteiger partial charge in [0, 0.05) is 6.04 Å².